The van der Waals surface area contributed by atoms with E-state index in [1.807, 2.05) is 13.8 Å². The van der Waals surface area contributed by atoms with Crippen molar-refractivity contribution in [2.45, 2.75) is 32.7 Å². The first kappa shape index (κ1) is 13.8. The van der Waals surface area contributed by atoms with Gasteiger partial charge in [0.2, 0.25) is 0 Å². The molecule has 0 aliphatic carbocycles. The quantitative estimate of drug-likeness (QED) is 0.863. The first-order chi connectivity index (χ1) is 7.87. The van der Waals surface area contributed by atoms with Crippen LogP contribution in [-0.4, -0.2) is 18.9 Å². The van der Waals surface area contributed by atoms with Gasteiger partial charge in [-0.25, -0.2) is 0 Å². The molecule has 0 unspecified atom stereocenters. The lowest BCUT2D eigenvalue weighted by molar-refractivity contribution is -0.274. The smallest absolute Gasteiger partial charge is 0.406 e. The zero-order chi connectivity index (χ0) is 12.9. The highest BCUT2D eigenvalue weighted by Gasteiger charge is 2.30. The Balaban J connectivity index is 2.45. The fourth-order valence-electron chi connectivity index (χ4n) is 1.36. The van der Waals surface area contributed by atoms with Crippen molar-refractivity contribution in [2.24, 2.45) is 0 Å². The third-order valence-electron chi connectivity index (χ3n) is 2.12. The summed E-state index contributed by atoms with van der Waals surface area (Å²) >= 11 is 0. The van der Waals surface area contributed by atoms with E-state index >= 15 is 0 Å². The van der Waals surface area contributed by atoms with E-state index in [1.54, 1.807) is 12.1 Å². The van der Waals surface area contributed by atoms with Crippen LogP contribution in [0.2, 0.25) is 0 Å². The summed E-state index contributed by atoms with van der Waals surface area (Å²) in [5.41, 5.74) is 0.979. The van der Waals surface area contributed by atoms with Gasteiger partial charge in [0.05, 0.1) is 0 Å². The largest absolute Gasteiger partial charge is 0.573 e. The maximum atomic E-state index is 11.9. The van der Waals surface area contributed by atoms with E-state index in [9.17, 15) is 13.2 Å². The Morgan fingerprint density at radius 2 is 1.76 bits per heavy atom. The van der Waals surface area contributed by atoms with Gasteiger partial charge in [0.15, 0.2) is 0 Å². The van der Waals surface area contributed by atoms with Crippen LogP contribution in [0, 0.1) is 0 Å². The molecule has 96 valence electrons. The van der Waals surface area contributed by atoms with Crippen molar-refractivity contribution in [3.63, 3.8) is 0 Å². The molecule has 0 radical (unpaired) electrons. The van der Waals surface area contributed by atoms with Gasteiger partial charge in [0.25, 0.3) is 0 Å². The molecule has 0 amide bonds. The molecule has 1 aromatic rings. The van der Waals surface area contributed by atoms with E-state index in [0.717, 1.165) is 18.5 Å². The highest BCUT2D eigenvalue weighted by molar-refractivity contribution is 5.27. The molecule has 17 heavy (non-hydrogen) atoms. The zero-order valence-electron chi connectivity index (χ0n) is 9.84. The monoisotopic (exact) mass is 247 g/mol. The summed E-state index contributed by atoms with van der Waals surface area (Å²) in [4.78, 5) is 0. The van der Waals surface area contributed by atoms with Crippen molar-refractivity contribution in [2.75, 3.05) is 6.54 Å². The second-order valence-corrected chi connectivity index (χ2v) is 4.05. The van der Waals surface area contributed by atoms with Crippen molar-refractivity contribution in [3.05, 3.63) is 29.8 Å². The molecule has 0 heterocycles. The summed E-state index contributed by atoms with van der Waals surface area (Å²) in [6.07, 6.45) is -3.84. The van der Waals surface area contributed by atoms with E-state index < -0.39 is 6.36 Å². The summed E-state index contributed by atoms with van der Waals surface area (Å²) < 4.78 is 39.5. The second kappa shape index (κ2) is 5.91. The van der Waals surface area contributed by atoms with Crippen LogP contribution in [0.25, 0.3) is 0 Å². The third kappa shape index (κ3) is 6.16. The molecule has 0 saturated heterocycles. The molecule has 1 N–H and O–H groups in total. The molecule has 0 aromatic heterocycles. The number of hydrogen-bond donors (Lipinski definition) is 1. The molecule has 0 aliphatic rings. The zero-order valence-corrected chi connectivity index (χ0v) is 9.84. The molecule has 1 aromatic carbocycles. The van der Waals surface area contributed by atoms with Crippen molar-refractivity contribution < 1.29 is 17.9 Å². The minimum atomic E-state index is -4.62. The van der Waals surface area contributed by atoms with Crippen LogP contribution < -0.4 is 10.1 Å². The number of ether oxygens (including phenoxy) is 1. The predicted molar refractivity (Wildman–Crippen MR) is 60.0 cm³/mol. The van der Waals surface area contributed by atoms with E-state index in [1.165, 1.54) is 12.1 Å². The third-order valence-corrected chi connectivity index (χ3v) is 2.12. The second-order valence-electron chi connectivity index (χ2n) is 4.05. The highest BCUT2D eigenvalue weighted by Crippen LogP contribution is 2.22. The Hall–Kier alpha value is -1.23. The fraction of sp³-hybridized carbons (Fsp3) is 0.500. The first-order valence-electron chi connectivity index (χ1n) is 5.45. The van der Waals surface area contributed by atoms with Crippen molar-refractivity contribution in [3.8, 4) is 5.75 Å². The number of benzene rings is 1. The topological polar surface area (TPSA) is 21.3 Å². The number of rotatable bonds is 5. The molecular weight excluding hydrogens is 231 g/mol. The van der Waals surface area contributed by atoms with Crippen molar-refractivity contribution >= 4 is 0 Å². The Morgan fingerprint density at radius 3 is 2.24 bits per heavy atom. The summed E-state index contributed by atoms with van der Waals surface area (Å²) in [5.74, 6) is -0.182. The average Bonchev–Trinajstić information content (AvgIpc) is 2.18. The molecule has 0 spiro atoms. The SMILES string of the molecule is CC(C)NCCc1ccc(OC(F)(F)F)cc1. The molecule has 0 saturated carbocycles. The van der Waals surface area contributed by atoms with E-state index in [2.05, 4.69) is 10.1 Å². The van der Waals surface area contributed by atoms with Crippen LogP contribution in [0.4, 0.5) is 13.2 Å². The van der Waals surface area contributed by atoms with Gasteiger partial charge >= 0.3 is 6.36 Å². The van der Waals surface area contributed by atoms with Gasteiger partial charge in [-0.15, -0.1) is 13.2 Å². The summed E-state index contributed by atoms with van der Waals surface area (Å²) in [6, 6.07) is 6.35. The molecule has 0 atom stereocenters. The highest BCUT2D eigenvalue weighted by atomic mass is 19.4. The van der Waals surface area contributed by atoms with Gasteiger partial charge in [0.1, 0.15) is 5.75 Å². The number of nitrogens with one attached hydrogen (secondary N) is 1. The van der Waals surface area contributed by atoms with Crippen LogP contribution in [-0.2, 0) is 6.42 Å². The van der Waals surface area contributed by atoms with Gasteiger partial charge in [-0.05, 0) is 30.7 Å². The molecule has 1 rings (SSSR count). The van der Waals surface area contributed by atoms with Crippen LogP contribution in [0.5, 0.6) is 5.75 Å². The molecule has 2 nitrogen and oxygen atoms in total. The average molecular weight is 247 g/mol. The maximum absolute atomic E-state index is 11.9. The van der Waals surface area contributed by atoms with Gasteiger partial charge in [-0.3, -0.25) is 0 Å². The van der Waals surface area contributed by atoms with E-state index in [-0.39, 0.29) is 5.75 Å². The summed E-state index contributed by atoms with van der Waals surface area (Å²) in [6.45, 7) is 4.89. The Bertz CT molecular complexity index is 333. The van der Waals surface area contributed by atoms with Crippen LogP contribution >= 0.6 is 0 Å². The molecule has 0 bridgehead atoms. The lowest BCUT2D eigenvalue weighted by atomic mass is 10.1. The number of halogens is 3. The Labute approximate surface area is 98.8 Å². The molecular formula is C12H16F3NO. The normalized spacial score (nSPS) is 11.9. The van der Waals surface area contributed by atoms with E-state index in [4.69, 9.17) is 0 Å². The fourth-order valence-corrected chi connectivity index (χ4v) is 1.36. The minimum absolute atomic E-state index is 0.182. The Morgan fingerprint density at radius 1 is 1.18 bits per heavy atom. The van der Waals surface area contributed by atoms with Gasteiger partial charge in [-0.2, -0.15) is 0 Å². The molecule has 0 aliphatic heterocycles. The lowest BCUT2D eigenvalue weighted by Gasteiger charge is -2.10. The lowest BCUT2D eigenvalue weighted by Crippen LogP contribution is -2.24. The van der Waals surface area contributed by atoms with Crippen molar-refractivity contribution in [1.29, 1.82) is 0 Å². The van der Waals surface area contributed by atoms with Crippen LogP contribution in [0.1, 0.15) is 19.4 Å². The van der Waals surface area contributed by atoms with Gasteiger partial charge < -0.3 is 10.1 Å². The minimum Gasteiger partial charge on any atom is -0.406 e. The van der Waals surface area contributed by atoms with Gasteiger partial charge in [-0.1, -0.05) is 26.0 Å². The maximum Gasteiger partial charge on any atom is 0.573 e. The van der Waals surface area contributed by atoms with Crippen molar-refractivity contribution in [1.82, 2.24) is 5.32 Å². The predicted octanol–water partition coefficient (Wildman–Crippen LogP) is 3.13. The molecule has 0 fully saturated rings. The molecule has 5 heteroatoms. The Kier molecular flexibility index (Phi) is 4.81. The number of alkyl halides is 3. The van der Waals surface area contributed by atoms with Crippen LogP contribution in [0.3, 0.4) is 0 Å². The first-order valence-corrected chi connectivity index (χ1v) is 5.45. The van der Waals surface area contributed by atoms with E-state index in [0.29, 0.717) is 6.04 Å². The summed E-state index contributed by atoms with van der Waals surface area (Å²) in [7, 11) is 0. The number of hydrogen-bond acceptors (Lipinski definition) is 2. The standard InChI is InChI=1S/C12H16F3NO/c1-9(2)16-8-7-10-3-5-11(6-4-10)17-12(13,14)15/h3-6,9,16H,7-8H2,1-2H3. The van der Waals surface area contributed by atoms with Crippen LogP contribution in [0.15, 0.2) is 24.3 Å². The summed E-state index contributed by atoms with van der Waals surface area (Å²) in [5, 5.41) is 3.24. The van der Waals surface area contributed by atoms with Gasteiger partial charge in [0, 0.05) is 6.04 Å².